The van der Waals surface area contributed by atoms with Crippen LogP contribution in [0.2, 0.25) is 5.02 Å². The largest absolute Gasteiger partial charge is 1.00 e. The minimum atomic E-state index is -0.200. The third kappa shape index (κ3) is 46.6. The Hall–Kier alpha value is -8.47. The maximum absolute atomic E-state index is 13.0. The molecule has 3 atom stereocenters. The molecule has 0 saturated heterocycles. The van der Waals surface area contributed by atoms with Crippen molar-refractivity contribution in [3.63, 3.8) is 0 Å². The maximum atomic E-state index is 13.0. The molecule has 0 bridgehead atoms. The minimum absolute atomic E-state index is 0. The SMILES string of the molecule is C.C.C.C[N+](C)(C)C(Cc1ccccc1)C(=O)NCCCCCCCCOc1ccc(OCc2ccccc2)c(Cl)c1.C[N+](C)(C)C(Cc1ccccc1)C(=O)OCCCCCCCC#Cc1ccc(OCc2ccccc2)cc1.C[N+](C)(C)[C@@H](Cc1ccccc1)C(=O)NCCCCCCCCOc1ccc(OCc2ccccc2)c(-c2ccccc2)c1.[I-].[I-].[I-]. The number of hydrogen-bond acceptors (Lipinski definition) is 9. The lowest BCUT2D eigenvalue weighted by molar-refractivity contribution is -0.887. The number of ether oxygens (including phenoxy) is 6. The summed E-state index contributed by atoms with van der Waals surface area (Å²) in [5.74, 6) is 10.7. The van der Waals surface area contributed by atoms with Crippen molar-refractivity contribution in [3.05, 3.63) is 317 Å². The highest BCUT2D eigenvalue weighted by atomic mass is 127. The Bertz CT molecular complexity index is 4590. The van der Waals surface area contributed by atoms with E-state index in [-0.39, 0.29) is 130 Å². The lowest BCUT2D eigenvalue weighted by atomic mass is 10.0. The number of quaternary nitrogens is 3. The number of nitrogens with zero attached hydrogens (tertiary/aromatic N) is 3. The standard InChI is InChI=1S/C39H48N2O3.C34H42NO3.C33H43ClN2O3.3CH4.3HI/c1-41(2,3)37(29-32-19-11-8-12-20-32)39(42)40-27-17-6-4-5-7-18-28-43-35-25-26-38(44-31-33-21-13-9-14-22-33)36(30-35)34-23-15-10-16-24-34;1-35(2,3)33(27-30-18-12-9-13-19-30)34(36)37-26-16-8-6-4-5-7-11-17-29-22-24-32(25-23-29)38-28-31-20-14-10-15-21-31;1-36(2,3)31(24-27-16-10-8-11-17-27)33(37)35-22-14-6-4-5-7-15-23-38-29-20-21-32(30(34)25-29)39-26-28-18-12-9-13-19-28;;;;;;/h8-16,19-26,30,37H,4-7,17-18,27-29,31H2,1-3H3;9-10,12-15,18-25,33H,4-8,16,26-28H2,1-3H3;8-13,16-21,25,31H,4-7,14-15,22-24,26H2,1-3H3;3*1H4;3*1H/q;+1;;;;;;;/p-1/t37-;;;;;;;;/m0......../s1. The number of carbonyl (C=O) groups excluding carboxylic acids is 3. The van der Waals surface area contributed by atoms with Crippen LogP contribution in [0.4, 0.5) is 0 Å². The molecule has 18 heteroatoms. The molecule has 0 heterocycles. The lowest BCUT2D eigenvalue weighted by Gasteiger charge is -2.33. The number of carbonyl (C=O) groups is 3. The topological polar surface area (TPSA) is 131 Å². The average molecular weight is 2090 g/mol. The van der Waals surface area contributed by atoms with Crippen LogP contribution in [0.25, 0.3) is 11.1 Å². The van der Waals surface area contributed by atoms with Gasteiger partial charge in [0.2, 0.25) is 0 Å². The zero-order valence-electron chi connectivity index (χ0n) is 74.7. The molecule has 10 aromatic rings. The number of hydrogen-bond donors (Lipinski definition) is 2. The molecule has 0 aliphatic carbocycles. The molecule has 2 amide bonds. The van der Waals surface area contributed by atoms with E-state index in [1.165, 1.54) is 30.4 Å². The molecule has 0 aliphatic heterocycles. The van der Waals surface area contributed by atoms with Gasteiger partial charge in [0.05, 0.1) is 88.3 Å². The van der Waals surface area contributed by atoms with Gasteiger partial charge in [-0.05, 0) is 132 Å². The summed E-state index contributed by atoms with van der Waals surface area (Å²) in [7, 11) is 18.7. The summed E-state index contributed by atoms with van der Waals surface area (Å²) in [4.78, 5) is 38.6. The summed E-state index contributed by atoms with van der Waals surface area (Å²) in [6.45, 7) is 4.92. The van der Waals surface area contributed by atoms with Gasteiger partial charge < -0.3 is 124 Å². The molecule has 2 unspecified atom stereocenters. The second-order valence-corrected chi connectivity index (χ2v) is 34.3. The predicted octanol–water partition coefficient (Wildman–Crippen LogP) is 14.9. The first kappa shape index (κ1) is 115. The number of halogens is 4. The molecule has 0 aromatic heterocycles. The van der Waals surface area contributed by atoms with Crippen molar-refractivity contribution in [1.29, 1.82) is 0 Å². The van der Waals surface area contributed by atoms with E-state index in [1.54, 1.807) is 0 Å². The fourth-order valence-electron chi connectivity index (χ4n) is 13.9. The first-order chi connectivity index (χ1) is 58.6. The van der Waals surface area contributed by atoms with Crippen LogP contribution in [0.5, 0.6) is 28.7 Å². The van der Waals surface area contributed by atoms with E-state index in [0.29, 0.717) is 70.3 Å². The van der Waals surface area contributed by atoms with Gasteiger partial charge in [-0.15, -0.1) is 0 Å². The van der Waals surface area contributed by atoms with Crippen LogP contribution in [0, 0.1) is 11.8 Å². The van der Waals surface area contributed by atoms with Gasteiger partial charge in [-0.25, -0.2) is 4.79 Å². The van der Waals surface area contributed by atoms with Crippen LogP contribution in [-0.2, 0) is 58.2 Å². The van der Waals surface area contributed by atoms with E-state index < -0.39 is 0 Å². The van der Waals surface area contributed by atoms with Crippen molar-refractivity contribution in [1.82, 2.24) is 10.6 Å². The smallest absolute Gasteiger partial charge is 0.365 e. The number of amides is 2. The first-order valence-electron chi connectivity index (χ1n) is 43.8. The molecular weight excluding hydrogens is 1940 g/mol. The molecule has 0 aliphatic rings. The van der Waals surface area contributed by atoms with Gasteiger partial charge in [0.1, 0.15) is 48.6 Å². The van der Waals surface area contributed by atoms with Gasteiger partial charge >= 0.3 is 5.97 Å². The van der Waals surface area contributed by atoms with Gasteiger partial charge in [-0.1, -0.05) is 329 Å². The first-order valence-corrected chi connectivity index (χ1v) is 44.1. The number of likely N-dealkylation sites (N-methyl/N-ethyl adjacent to an activating group) is 3. The van der Waals surface area contributed by atoms with Gasteiger partial charge in [0.25, 0.3) is 11.8 Å². The summed E-state index contributed by atoms with van der Waals surface area (Å²) in [6.07, 6.45) is 21.7. The summed E-state index contributed by atoms with van der Waals surface area (Å²) in [5, 5.41) is 6.92. The Labute approximate surface area is 821 Å². The van der Waals surface area contributed by atoms with Crippen LogP contribution in [0.15, 0.2) is 273 Å². The maximum Gasteiger partial charge on any atom is 0.365 e. The molecule has 0 saturated carbocycles. The van der Waals surface area contributed by atoms with E-state index in [9.17, 15) is 14.4 Å². The quantitative estimate of drug-likeness (QED) is 0.0126. The van der Waals surface area contributed by atoms with Crippen molar-refractivity contribution < 1.29 is 128 Å². The monoisotopic (exact) mass is 2090 g/mol. The van der Waals surface area contributed by atoms with Crippen molar-refractivity contribution in [2.75, 3.05) is 96.3 Å². The van der Waals surface area contributed by atoms with E-state index in [2.05, 4.69) is 165 Å². The van der Waals surface area contributed by atoms with Gasteiger partial charge in [0.15, 0.2) is 18.1 Å². The Kier molecular flexibility index (Phi) is 58.8. The van der Waals surface area contributed by atoms with Gasteiger partial charge in [0, 0.05) is 56.0 Å². The Morgan fingerprint density at radius 3 is 1.06 bits per heavy atom. The molecule has 14 nitrogen and oxygen atoms in total. The molecule has 0 radical (unpaired) electrons. The zero-order chi connectivity index (χ0) is 86.0. The number of esters is 1. The van der Waals surface area contributed by atoms with Crippen molar-refractivity contribution in [2.45, 2.75) is 195 Å². The molecular formula is C109H147ClI3N5O9. The third-order valence-electron chi connectivity index (χ3n) is 21.2. The highest BCUT2D eigenvalue weighted by Crippen LogP contribution is 2.35. The zero-order valence-corrected chi connectivity index (χ0v) is 82.0. The van der Waals surface area contributed by atoms with Gasteiger partial charge in [-0.3, -0.25) is 9.59 Å². The fourth-order valence-corrected chi connectivity index (χ4v) is 14.1. The van der Waals surface area contributed by atoms with E-state index in [4.69, 9.17) is 40.0 Å². The summed E-state index contributed by atoms with van der Waals surface area (Å²) in [6, 6.07) is 90.7. The number of rotatable bonds is 49. The molecule has 2 N–H and O–H groups in total. The third-order valence-corrected chi connectivity index (χ3v) is 21.5. The molecule has 10 aromatic carbocycles. The Balaban J connectivity index is 0.000000632. The highest BCUT2D eigenvalue weighted by molar-refractivity contribution is 6.32. The number of nitrogens with one attached hydrogen (secondary N) is 2. The average Bonchev–Trinajstić information content (AvgIpc) is 0.830. The van der Waals surface area contributed by atoms with E-state index in [0.717, 1.165) is 184 Å². The number of benzene rings is 10. The van der Waals surface area contributed by atoms with Crippen molar-refractivity contribution >= 4 is 29.4 Å². The van der Waals surface area contributed by atoms with Crippen LogP contribution in [-0.4, -0.2) is 146 Å². The molecule has 10 rings (SSSR count). The van der Waals surface area contributed by atoms with Crippen LogP contribution in [0.3, 0.4) is 0 Å². The van der Waals surface area contributed by atoms with Crippen molar-refractivity contribution in [2.24, 2.45) is 0 Å². The molecule has 127 heavy (non-hydrogen) atoms. The van der Waals surface area contributed by atoms with Gasteiger partial charge in [-0.2, -0.15) is 0 Å². The molecule has 690 valence electrons. The summed E-state index contributed by atoms with van der Waals surface area (Å²) < 4.78 is 37.3. The number of unbranched alkanes of at least 4 members (excludes halogenated alkanes) is 15. The fraction of sp³-hybridized carbons (Fsp3) is 0.404. The Morgan fingerprint density at radius 2 is 0.654 bits per heavy atom. The highest BCUT2D eigenvalue weighted by Gasteiger charge is 2.35. The normalized spacial score (nSPS) is 11.4. The van der Waals surface area contributed by atoms with E-state index >= 15 is 0 Å². The summed E-state index contributed by atoms with van der Waals surface area (Å²) in [5.41, 5.74) is 10.1. The predicted molar refractivity (Wildman–Crippen MR) is 516 cm³/mol. The Morgan fingerprint density at radius 1 is 0.331 bits per heavy atom. The van der Waals surface area contributed by atoms with Crippen LogP contribution < -0.4 is 106 Å². The second kappa shape index (κ2) is 65.1. The van der Waals surface area contributed by atoms with Crippen LogP contribution in [0.1, 0.15) is 177 Å². The van der Waals surface area contributed by atoms with Crippen LogP contribution >= 0.6 is 11.6 Å². The minimum Gasteiger partial charge on any atom is -1.00 e. The summed E-state index contributed by atoms with van der Waals surface area (Å²) >= 11 is 6.38. The second-order valence-electron chi connectivity index (χ2n) is 33.9. The molecule has 0 fully saturated rings. The lowest BCUT2D eigenvalue weighted by Crippen LogP contribution is -3.00. The molecule has 0 spiro atoms. The van der Waals surface area contributed by atoms with E-state index in [1.807, 2.05) is 194 Å². The van der Waals surface area contributed by atoms with Crippen molar-refractivity contribution in [3.8, 4) is 51.7 Å².